The third-order valence-corrected chi connectivity index (χ3v) is 3.30. The van der Waals surface area contributed by atoms with Gasteiger partial charge in [0.05, 0.1) is 6.07 Å². The van der Waals surface area contributed by atoms with E-state index in [1.807, 2.05) is 37.3 Å². The van der Waals surface area contributed by atoms with Crippen molar-refractivity contribution in [1.82, 2.24) is 5.32 Å². The summed E-state index contributed by atoms with van der Waals surface area (Å²) < 4.78 is 0. The van der Waals surface area contributed by atoms with Crippen molar-refractivity contribution in [3.8, 4) is 6.07 Å². The Hall–Kier alpha value is -1.82. The second-order valence-electron chi connectivity index (χ2n) is 5.06. The second-order valence-corrected chi connectivity index (χ2v) is 5.06. The van der Waals surface area contributed by atoms with Gasteiger partial charge in [0.1, 0.15) is 5.92 Å². The molecule has 3 heteroatoms. The molecule has 0 saturated heterocycles. The zero-order chi connectivity index (χ0) is 13.0. The van der Waals surface area contributed by atoms with E-state index in [1.165, 1.54) is 12.8 Å². The van der Waals surface area contributed by atoms with E-state index in [4.69, 9.17) is 5.26 Å². The normalized spacial score (nSPS) is 17.6. The Bertz CT molecular complexity index is 445. The highest BCUT2D eigenvalue weighted by Crippen LogP contribution is 2.33. The van der Waals surface area contributed by atoms with E-state index in [9.17, 15) is 4.79 Å². The molecule has 1 aliphatic carbocycles. The number of hydrogen-bond acceptors (Lipinski definition) is 2. The van der Waals surface area contributed by atoms with Crippen molar-refractivity contribution in [1.29, 1.82) is 5.26 Å². The van der Waals surface area contributed by atoms with Crippen LogP contribution in [-0.4, -0.2) is 11.9 Å². The SMILES string of the molecule is CC(CC1CC1)NC(=O)C(C#N)c1ccccc1. The summed E-state index contributed by atoms with van der Waals surface area (Å²) in [5, 5.41) is 12.1. The lowest BCUT2D eigenvalue weighted by Gasteiger charge is -2.16. The van der Waals surface area contributed by atoms with Crippen molar-refractivity contribution in [2.24, 2.45) is 5.92 Å². The lowest BCUT2D eigenvalue weighted by molar-refractivity contribution is -0.122. The molecule has 3 nitrogen and oxygen atoms in total. The van der Waals surface area contributed by atoms with Crippen molar-refractivity contribution in [2.45, 2.75) is 38.1 Å². The number of nitriles is 1. The zero-order valence-electron chi connectivity index (χ0n) is 10.6. The maximum Gasteiger partial charge on any atom is 0.242 e. The summed E-state index contributed by atoms with van der Waals surface area (Å²) in [5.74, 6) is -0.109. The van der Waals surface area contributed by atoms with E-state index in [0.717, 1.165) is 17.9 Å². The van der Waals surface area contributed by atoms with Gasteiger partial charge in [0.25, 0.3) is 0 Å². The van der Waals surface area contributed by atoms with Crippen molar-refractivity contribution in [3.63, 3.8) is 0 Å². The van der Waals surface area contributed by atoms with E-state index in [1.54, 1.807) is 0 Å². The Morgan fingerprint density at radius 3 is 2.67 bits per heavy atom. The first-order valence-corrected chi connectivity index (χ1v) is 6.45. The fraction of sp³-hybridized carbons (Fsp3) is 0.467. The number of amides is 1. The zero-order valence-corrected chi connectivity index (χ0v) is 10.6. The van der Waals surface area contributed by atoms with E-state index < -0.39 is 5.92 Å². The van der Waals surface area contributed by atoms with Crippen LogP contribution in [0.15, 0.2) is 30.3 Å². The number of nitrogens with one attached hydrogen (secondary N) is 1. The molecule has 0 aromatic heterocycles. The summed E-state index contributed by atoms with van der Waals surface area (Å²) >= 11 is 0. The Kier molecular flexibility index (Phi) is 3.99. The number of rotatable bonds is 5. The topological polar surface area (TPSA) is 52.9 Å². The molecule has 1 saturated carbocycles. The number of nitrogens with zero attached hydrogens (tertiary/aromatic N) is 1. The van der Waals surface area contributed by atoms with Crippen molar-refractivity contribution in [2.75, 3.05) is 0 Å². The van der Waals surface area contributed by atoms with Crippen LogP contribution in [0.1, 0.15) is 37.7 Å². The van der Waals surface area contributed by atoms with Gasteiger partial charge in [-0.2, -0.15) is 5.26 Å². The van der Waals surface area contributed by atoms with Gasteiger partial charge >= 0.3 is 0 Å². The Morgan fingerprint density at radius 2 is 2.11 bits per heavy atom. The third kappa shape index (κ3) is 3.33. The monoisotopic (exact) mass is 242 g/mol. The molecule has 1 fully saturated rings. The molecule has 94 valence electrons. The molecule has 0 radical (unpaired) electrons. The van der Waals surface area contributed by atoms with E-state index in [0.29, 0.717) is 0 Å². The standard InChI is InChI=1S/C15H18N2O/c1-11(9-12-7-8-12)17-15(18)14(10-16)13-5-3-2-4-6-13/h2-6,11-12,14H,7-9H2,1H3,(H,17,18). The predicted molar refractivity (Wildman–Crippen MR) is 69.7 cm³/mol. The highest BCUT2D eigenvalue weighted by molar-refractivity contribution is 5.86. The first-order chi connectivity index (χ1) is 8.70. The molecule has 2 rings (SSSR count). The molecule has 1 aliphatic rings. The Balaban J connectivity index is 1.95. The molecular formula is C15H18N2O. The second kappa shape index (κ2) is 5.68. The van der Waals surface area contributed by atoms with Gasteiger partial charge in [-0.25, -0.2) is 0 Å². The van der Waals surface area contributed by atoms with Gasteiger partial charge < -0.3 is 5.32 Å². The van der Waals surface area contributed by atoms with Crippen LogP contribution in [0.3, 0.4) is 0 Å². The minimum Gasteiger partial charge on any atom is -0.352 e. The molecule has 1 aromatic rings. The van der Waals surface area contributed by atoms with Gasteiger partial charge in [-0.1, -0.05) is 43.2 Å². The fourth-order valence-electron chi connectivity index (χ4n) is 2.17. The van der Waals surface area contributed by atoms with E-state index in [2.05, 4.69) is 11.4 Å². The number of carbonyl (C=O) groups excluding carboxylic acids is 1. The first kappa shape index (κ1) is 12.6. The maximum absolute atomic E-state index is 12.1. The van der Waals surface area contributed by atoms with Crippen molar-refractivity contribution in [3.05, 3.63) is 35.9 Å². The fourth-order valence-corrected chi connectivity index (χ4v) is 2.17. The lowest BCUT2D eigenvalue weighted by atomic mass is 9.99. The van der Waals surface area contributed by atoms with Crippen LogP contribution in [0.2, 0.25) is 0 Å². The minimum atomic E-state index is -0.701. The van der Waals surface area contributed by atoms with Crippen LogP contribution in [0.4, 0.5) is 0 Å². The summed E-state index contributed by atoms with van der Waals surface area (Å²) in [4.78, 5) is 12.1. The Labute approximate surface area is 108 Å². The summed E-state index contributed by atoms with van der Waals surface area (Å²) in [6.07, 6.45) is 3.58. The molecule has 0 aliphatic heterocycles. The first-order valence-electron chi connectivity index (χ1n) is 6.45. The number of hydrogen-bond donors (Lipinski definition) is 1. The van der Waals surface area contributed by atoms with Crippen molar-refractivity contribution >= 4 is 5.91 Å². The van der Waals surface area contributed by atoms with Crippen LogP contribution in [-0.2, 0) is 4.79 Å². The Morgan fingerprint density at radius 1 is 1.44 bits per heavy atom. The summed E-state index contributed by atoms with van der Waals surface area (Å²) in [7, 11) is 0. The van der Waals surface area contributed by atoms with E-state index >= 15 is 0 Å². The number of carbonyl (C=O) groups is 1. The molecular weight excluding hydrogens is 224 g/mol. The van der Waals surface area contributed by atoms with Gasteiger partial charge in [-0.3, -0.25) is 4.79 Å². The smallest absolute Gasteiger partial charge is 0.242 e. The van der Waals surface area contributed by atoms with Crippen LogP contribution in [0.25, 0.3) is 0 Å². The molecule has 2 atom stereocenters. The van der Waals surface area contributed by atoms with Crippen LogP contribution in [0.5, 0.6) is 0 Å². The summed E-state index contributed by atoms with van der Waals surface area (Å²) in [6, 6.07) is 11.5. The van der Waals surface area contributed by atoms with Crippen LogP contribution in [0, 0.1) is 17.2 Å². The highest BCUT2D eigenvalue weighted by atomic mass is 16.1. The van der Waals surface area contributed by atoms with Crippen LogP contribution >= 0.6 is 0 Å². The molecule has 1 aromatic carbocycles. The maximum atomic E-state index is 12.1. The predicted octanol–water partition coefficient (Wildman–Crippen LogP) is 2.60. The average molecular weight is 242 g/mol. The van der Waals surface area contributed by atoms with E-state index in [-0.39, 0.29) is 11.9 Å². The highest BCUT2D eigenvalue weighted by Gasteiger charge is 2.26. The third-order valence-electron chi connectivity index (χ3n) is 3.30. The molecule has 0 heterocycles. The molecule has 0 spiro atoms. The lowest BCUT2D eigenvalue weighted by Crippen LogP contribution is -2.36. The molecule has 0 bridgehead atoms. The van der Waals surface area contributed by atoms with Gasteiger partial charge in [0.15, 0.2) is 0 Å². The average Bonchev–Trinajstić information content (AvgIpc) is 3.15. The largest absolute Gasteiger partial charge is 0.352 e. The molecule has 18 heavy (non-hydrogen) atoms. The van der Waals surface area contributed by atoms with Gasteiger partial charge in [0, 0.05) is 6.04 Å². The summed E-state index contributed by atoms with van der Waals surface area (Å²) in [5.41, 5.74) is 0.760. The van der Waals surface area contributed by atoms with Gasteiger partial charge in [-0.15, -0.1) is 0 Å². The molecule has 2 unspecified atom stereocenters. The quantitative estimate of drug-likeness (QED) is 0.862. The van der Waals surface area contributed by atoms with Gasteiger partial charge in [-0.05, 0) is 24.8 Å². The minimum absolute atomic E-state index is 0.157. The molecule has 1 amide bonds. The molecule has 1 N–H and O–H groups in total. The number of benzene rings is 1. The van der Waals surface area contributed by atoms with Crippen molar-refractivity contribution < 1.29 is 4.79 Å². The summed E-state index contributed by atoms with van der Waals surface area (Å²) in [6.45, 7) is 2.01. The van der Waals surface area contributed by atoms with Gasteiger partial charge in [0.2, 0.25) is 5.91 Å². The van der Waals surface area contributed by atoms with Crippen LogP contribution < -0.4 is 5.32 Å².